The van der Waals surface area contributed by atoms with E-state index in [0.717, 1.165) is 23.2 Å². The molecule has 1 aliphatic carbocycles. The van der Waals surface area contributed by atoms with Gasteiger partial charge in [0.1, 0.15) is 29.0 Å². The van der Waals surface area contributed by atoms with E-state index in [1.54, 1.807) is 6.07 Å². The van der Waals surface area contributed by atoms with Crippen molar-refractivity contribution >= 4 is 11.6 Å². The Hall–Kier alpha value is -2.04. The molecular weight excluding hydrogens is 228 g/mol. The van der Waals surface area contributed by atoms with E-state index in [1.165, 1.54) is 12.8 Å². The number of furan rings is 1. The first-order valence-electron chi connectivity index (χ1n) is 6.14. The van der Waals surface area contributed by atoms with E-state index in [2.05, 4.69) is 15.3 Å². The maximum absolute atomic E-state index is 5.78. The smallest absolute Gasteiger partial charge is 0.136 e. The Bertz CT molecular complexity index is 560. The Balaban J connectivity index is 1.71. The summed E-state index contributed by atoms with van der Waals surface area (Å²) in [4.78, 5) is 8.73. The molecule has 3 N–H and O–H groups in total. The number of nitrogen functional groups attached to an aromatic ring is 1. The van der Waals surface area contributed by atoms with Crippen molar-refractivity contribution in [3.63, 3.8) is 0 Å². The van der Waals surface area contributed by atoms with Crippen molar-refractivity contribution in [2.24, 2.45) is 0 Å². The lowest BCUT2D eigenvalue weighted by Gasteiger charge is -2.06. The molecule has 0 amide bonds. The number of anilines is 2. The average Bonchev–Trinajstić information content (AvgIpc) is 3.10. The van der Waals surface area contributed by atoms with Gasteiger partial charge in [-0.15, -0.1) is 0 Å². The lowest BCUT2D eigenvalue weighted by atomic mass is 10.3. The van der Waals surface area contributed by atoms with Crippen LogP contribution in [0.25, 0.3) is 0 Å². The molecule has 0 spiro atoms. The molecule has 0 aromatic carbocycles. The summed E-state index contributed by atoms with van der Waals surface area (Å²) in [6, 6.07) is 5.65. The highest BCUT2D eigenvalue weighted by molar-refractivity contribution is 5.45. The second kappa shape index (κ2) is 4.33. The van der Waals surface area contributed by atoms with E-state index in [1.807, 2.05) is 19.1 Å². The average molecular weight is 244 g/mol. The number of nitrogens with zero attached hydrogens (tertiary/aromatic N) is 2. The summed E-state index contributed by atoms with van der Waals surface area (Å²) in [5, 5.41) is 3.21. The van der Waals surface area contributed by atoms with Crippen molar-refractivity contribution in [1.29, 1.82) is 0 Å². The minimum absolute atomic E-state index is 0.500. The summed E-state index contributed by atoms with van der Waals surface area (Å²) >= 11 is 0. The molecule has 0 aliphatic heterocycles. The van der Waals surface area contributed by atoms with E-state index < -0.39 is 0 Å². The fraction of sp³-hybridized carbons (Fsp3) is 0.385. The molecule has 18 heavy (non-hydrogen) atoms. The van der Waals surface area contributed by atoms with Crippen LogP contribution in [0.3, 0.4) is 0 Å². The van der Waals surface area contributed by atoms with Crippen LogP contribution in [0.5, 0.6) is 0 Å². The van der Waals surface area contributed by atoms with Crippen molar-refractivity contribution in [1.82, 2.24) is 9.97 Å². The fourth-order valence-electron chi connectivity index (χ4n) is 1.86. The Kier molecular flexibility index (Phi) is 2.66. The molecule has 0 bridgehead atoms. The van der Waals surface area contributed by atoms with Gasteiger partial charge < -0.3 is 15.5 Å². The molecule has 1 saturated carbocycles. The highest BCUT2D eigenvalue weighted by atomic mass is 16.3. The van der Waals surface area contributed by atoms with Gasteiger partial charge in [-0.1, -0.05) is 0 Å². The molecule has 0 atom stereocenters. The normalized spacial score (nSPS) is 14.7. The second-order valence-corrected chi connectivity index (χ2v) is 4.68. The van der Waals surface area contributed by atoms with Crippen LogP contribution in [0, 0.1) is 6.92 Å². The van der Waals surface area contributed by atoms with Gasteiger partial charge in [0.15, 0.2) is 0 Å². The van der Waals surface area contributed by atoms with E-state index in [0.29, 0.717) is 18.3 Å². The van der Waals surface area contributed by atoms with E-state index in [9.17, 15) is 0 Å². The van der Waals surface area contributed by atoms with Gasteiger partial charge in [-0.3, -0.25) is 0 Å². The number of aromatic nitrogens is 2. The lowest BCUT2D eigenvalue weighted by Crippen LogP contribution is -2.05. The third kappa shape index (κ3) is 2.45. The van der Waals surface area contributed by atoms with Crippen molar-refractivity contribution in [3.8, 4) is 0 Å². The van der Waals surface area contributed by atoms with Crippen molar-refractivity contribution in [2.45, 2.75) is 32.2 Å². The largest absolute Gasteiger partial charge is 0.465 e. The minimum atomic E-state index is 0.500. The fourth-order valence-corrected chi connectivity index (χ4v) is 1.86. The minimum Gasteiger partial charge on any atom is -0.465 e. The Morgan fingerprint density at radius 1 is 1.39 bits per heavy atom. The van der Waals surface area contributed by atoms with Crippen LogP contribution in [-0.4, -0.2) is 9.97 Å². The van der Waals surface area contributed by atoms with Crippen LogP contribution < -0.4 is 11.1 Å². The van der Waals surface area contributed by atoms with E-state index in [-0.39, 0.29) is 0 Å². The standard InChI is InChI=1S/C13H16N4O/c1-8-2-5-10(18-8)7-15-12-6-11(14)16-13(17-12)9-3-4-9/h2,5-6,9H,3-4,7H2,1H3,(H3,14,15,16,17). The van der Waals surface area contributed by atoms with Gasteiger partial charge >= 0.3 is 0 Å². The molecule has 2 aromatic heterocycles. The molecule has 0 radical (unpaired) electrons. The van der Waals surface area contributed by atoms with E-state index in [4.69, 9.17) is 10.2 Å². The summed E-state index contributed by atoms with van der Waals surface area (Å²) in [5.74, 6) is 4.43. The lowest BCUT2D eigenvalue weighted by molar-refractivity contribution is 0.490. The second-order valence-electron chi connectivity index (χ2n) is 4.68. The molecule has 1 aliphatic rings. The highest BCUT2D eigenvalue weighted by Crippen LogP contribution is 2.38. The first-order chi connectivity index (χ1) is 8.70. The Morgan fingerprint density at radius 2 is 2.22 bits per heavy atom. The van der Waals surface area contributed by atoms with Crippen LogP contribution in [0.15, 0.2) is 22.6 Å². The van der Waals surface area contributed by atoms with Crippen molar-refractivity contribution < 1.29 is 4.42 Å². The molecule has 2 aromatic rings. The van der Waals surface area contributed by atoms with Crippen LogP contribution in [-0.2, 0) is 6.54 Å². The molecule has 94 valence electrons. The molecule has 2 heterocycles. The van der Waals surface area contributed by atoms with Gasteiger partial charge in [-0.05, 0) is 31.9 Å². The number of rotatable bonds is 4. The summed E-state index contributed by atoms with van der Waals surface area (Å²) in [5.41, 5.74) is 5.78. The zero-order chi connectivity index (χ0) is 12.5. The van der Waals surface area contributed by atoms with Crippen molar-refractivity contribution in [3.05, 3.63) is 35.5 Å². The van der Waals surface area contributed by atoms with Gasteiger partial charge in [-0.25, -0.2) is 9.97 Å². The van der Waals surface area contributed by atoms with E-state index >= 15 is 0 Å². The monoisotopic (exact) mass is 244 g/mol. The van der Waals surface area contributed by atoms with Gasteiger partial charge in [-0.2, -0.15) is 0 Å². The van der Waals surface area contributed by atoms with Gasteiger partial charge in [0.25, 0.3) is 0 Å². The predicted molar refractivity (Wildman–Crippen MR) is 69.2 cm³/mol. The quantitative estimate of drug-likeness (QED) is 0.863. The summed E-state index contributed by atoms with van der Waals surface area (Å²) in [6.45, 7) is 2.53. The van der Waals surface area contributed by atoms with Crippen molar-refractivity contribution in [2.75, 3.05) is 11.1 Å². The zero-order valence-corrected chi connectivity index (χ0v) is 10.3. The number of aryl methyl sites for hydroxylation is 1. The maximum atomic E-state index is 5.78. The number of hydrogen-bond donors (Lipinski definition) is 2. The molecule has 3 rings (SSSR count). The SMILES string of the molecule is Cc1ccc(CNc2cc(N)nc(C3CC3)n2)o1. The first-order valence-corrected chi connectivity index (χ1v) is 6.14. The predicted octanol–water partition coefficient (Wildman–Crippen LogP) is 2.45. The van der Waals surface area contributed by atoms with Crippen LogP contribution in [0.1, 0.15) is 36.1 Å². The Morgan fingerprint density at radius 3 is 2.89 bits per heavy atom. The van der Waals surface area contributed by atoms with Gasteiger partial charge in [0.05, 0.1) is 6.54 Å². The molecule has 5 heteroatoms. The topological polar surface area (TPSA) is 77.0 Å². The molecule has 0 saturated heterocycles. The Labute approximate surface area is 105 Å². The number of nitrogens with one attached hydrogen (secondary N) is 1. The number of hydrogen-bond acceptors (Lipinski definition) is 5. The number of nitrogens with two attached hydrogens (primary N) is 1. The third-order valence-electron chi connectivity index (χ3n) is 2.95. The first kappa shape index (κ1) is 11.1. The van der Waals surface area contributed by atoms with Crippen LogP contribution in [0.4, 0.5) is 11.6 Å². The third-order valence-corrected chi connectivity index (χ3v) is 2.95. The van der Waals surface area contributed by atoms with Crippen LogP contribution >= 0.6 is 0 Å². The zero-order valence-electron chi connectivity index (χ0n) is 10.3. The highest BCUT2D eigenvalue weighted by Gasteiger charge is 2.27. The maximum Gasteiger partial charge on any atom is 0.136 e. The molecule has 1 fully saturated rings. The van der Waals surface area contributed by atoms with Gasteiger partial charge in [0, 0.05) is 12.0 Å². The molecular formula is C13H16N4O. The van der Waals surface area contributed by atoms with Crippen LogP contribution in [0.2, 0.25) is 0 Å². The molecule has 5 nitrogen and oxygen atoms in total. The summed E-state index contributed by atoms with van der Waals surface area (Å²) in [6.07, 6.45) is 2.33. The van der Waals surface area contributed by atoms with Gasteiger partial charge in [0.2, 0.25) is 0 Å². The molecule has 0 unspecified atom stereocenters. The summed E-state index contributed by atoms with van der Waals surface area (Å²) in [7, 11) is 0. The summed E-state index contributed by atoms with van der Waals surface area (Å²) < 4.78 is 5.49.